The van der Waals surface area contributed by atoms with Gasteiger partial charge in [0.15, 0.2) is 12.2 Å². The number of esters is 4. The third kappa shape index (κ3) is 79.2. The molecular weight excluding hydrogens is 1430 g/mol. The fraction of sp³-hybridized carbons (Fsp3) is 0.538. The third-order valence-corrected chi connectivity index (χ3v) is 17.5. The molecule has 616 valence electrons. The molecule has 0 aliphatic carbocycles. The van der Waals surface area contributed by atoms with E-state index in [-0.39, 0.29) is 25.7 Å². The predicted molar refractivity (Wildman–Crippen MR) is 454 cm³/mol. The van der Waals surface area contributed by atoms with E-state index in [1.54, 1.807) is 0 Å². The van der Waals surface area contributed by atoms with Crippen molar-refractivity contribution in [1.82, 2.24) is 0 Å². The van der Waals surface area contributed by atoms with E-state index in [1.807, 2.05) is 36.5 Å². The van der Waals surface area contributed by atoms with Gasteiger partial charge in [0.1, 0.15) is 19.3 Å². The Balaban J connectivity index is 5.57. The minimum atomic E-state index is -5.03. The molecule has 0 heterocycles. The van der Waals surface area contributed by atoms with Crippen molar-refractivity contribution in [2.45, 2.75) is 277 Å². The van der Waals surface area contributed by atoms with Crippen LogP contribution in [0, 0.1) is 0 Å². The van der Waals surface area contributed by atoms with Crippen LogP contribution in [0.5, 0.6) is 0 Å². The maximum absolute atomic E-state index is 13.1. The van der Waals surface area contributed by atoms with Crippen molar-refractivity contribution in [3.63, 3.8) is 0 Å². The monoisotopic (exact) mass is 1570 g/mol. The molecule has 19 heteroatoms. The molecule has 0 saturated carbocycles. The fourth-order valence-corrected chi connectivity index (χ4v) is 11.1. The third-order valence-electron chi connectivity index (χ3n) is 15.6. The second-order valence-corrected chi connectivity index (χ2v) is 28.8. The van der Waals surface area contributed by atoms with Crippen LogP contribution in [0.3, 0.4) is 0 Å². The van der Waals surface area contributed by atoms with E-state index >= 15 is 0 Å². The highest BCUT2D eigenvalue weighted by Gasteiger charge is 2.30. The number of unbranched alkanes of at least 4 members (excludes halogenated alkanes) is 9. The highest BCUT2D eigenvalue weighted by Crippen LogP contribution is 2.45. The molecule has 0 radical (unpaired) electrons. The molecule has 17 nitrogen and oxygen atoms in total. The Labute approximate surface area is 664 Å². The summed E-state index contributed by atoms with van der Waals surface area (Å²) in [5, 5.41) is 10.7. The second kappa shape index (κ2) is 80.2. The number of aliphatic hydroxyl groups is 1. The molecule has 0 amide bonds. The fourth-order valence-electron chi connectivity index (χ4n) is 9.57. The molecule has 0 aliphatic rings. The average molecular weight is 1570 g/mol. The Morgan fingerprint density at radius 1 is 0.264 bits per heavy atom. The van der Waals surface area contributed by atoms with E-state index in [0.717, 1.165) is 167 Å². The number of allylic oxidation sites excluding steroid dienone is 38. The number of carbonyl (C=O) groups is 4. The summed E-state index contributed by atoms with van der Waals surface area (Å²) in [5.74, 6) is -2.46. The first kappa shape index (κ1) is 103. The van der Waals surface area contributed by atoms with Crippen LogP contribution in [0.25, 0.3) is 0 Å². The number of aliphatic hydroxyl groups excluding tert-OH is 1. The van der Waals surface area contributed by atoms with Crippen molar-refractivity contribution < 1.29 is 80.2 Å². The number of hydrogen-bond donors (Lipinski definition) is 3. The quantitative estimate of drug-likeness (QED) is 0.0169. The maximum atomic E-state index is 13.1. The van der Waals surface area contributed by atoms with Crippen molar-refractivity contribution in [2.24, 2.45) is 0 Å². The van der Waals surface area contributed by atoms with Crippen LogP contribution < -0.4 is 0 Å². The average Bonchev–Trinajstić information content (AvgIpc) is 0.900. The van der Waals surface area contributed by atoms with Crippen LogP contribution in [0.1, 0.15) is 259 Å². The summed E-state index contributed by atoms with van der Waals surface area (Å²) in [6.45, 7) is 4.19. The number of phosphoric ester groups is 2. The molecule has 5 atom stereocenters. The lowest BCUT2D eigenvalue weighted by atomic mass is 10.1. The van der Waals surface area contributed by atoms with Crippen LogP contribution in [0.2, 0.25) is 0 Å². The van der Waals surface area contributed by atoms with Gasteiger partial charge in [-0.15, -0.1) is 0 Å². The smallest absolute Gasteiger partial charge is 0.462 e. The molecule has 0 aliphatic heterocycles. The molecule has 0 aromatic carbocycles. The van der Waals surface area contributed by atoms with Crippen LogP contribution in [0.15, 0.2) is 231 Å². The van der Waals surface area contributed by atoms with Gasteiger partial charge in [0.25, 0.3) is 0 Å². The zero-order valence-corrected chi connectivity index (χ0v) is 69.1. The van der Waals surface area contributed by atoms with Gasteiger partial charge in [-0.2, -0.15) is 0 Å². The Morgan fingerprint density at radius 2 is 0.491 bits per heavy atom. The topological polar surface area (TPSA) is 237 Å². The van der Waals surface area contributed by atoms with E-state index in [2.05, 4.69) is 222 Å². The number of carbonyl (C=O) groups excluding carboxylic acids is 4. The lowest BCUT2D eigenvalue weighted by Gasteiger charge is -2.21. The van der Waals surface area contributed by atoms with Gasteiger partial charge in [0.2, 0.25) is 0 Å². The molecule has 3 N–H and O–H groups in total. The van der Waals surface area contributed by atoms with Crippen molar-refractivity contribution >= 4 is 39.5 Å². The molecule has 0 bridgehead atoms. The molecule has 0 rings (SSSR count). The normalized spacial score (nSPS) is 15.0. The van der Waals surface area contributed by atoms with E-state index in [0.29, 0.717) is 38.5 Å². The summed E-state index contributed by atoms with van der Waals surface area (Å²) in [7, 11) is -10.0. The van der Waals surface area contributed by atoms with Gasteiger partial charge in [-0.3, -0.25) is 37.3 Å². The summed E-state index contributed by atoms with van der Waals surface area (Å²) >= 11 is 0. The Kier molecular flexibility index (Phi) is 75.2. The van der Waals surface area contributed by atoms with Crippen molar-refractivity contribution in [3.8, 4) is 0 Å². The van der Waals surface area contributed by atoms with Crippen molar-refractivity contribution in [2.75, 3.05) is 39.6 Å². The van der Waals surface area contributed by atoms with E-state index in [9.17, 15) is 43.2 Å². The summed E-state index contributed by atoms with van der Waals surface area (Å²) in [5.41, 5.74) is 0. The summed E-state index contributed by atoms with van der Waals surface area (Å²) in [6, 6.07) is 0. The van der Waals surface area contributed by atoms with Gasteiger partial charge in [0, 0.05) is 25.7 Å². The lowest BCUT2D eigenvalue weighted by Crippen LogP contribution is -2.30. The molecule has 0 aromatic rings. The van der Waals surface area contributed by atoms with Gasteiger partial charge in [-0.25, -0.2) is 9.13 Å². The number of rotatable bonds is 73. The number of phosphoric acid groups is 2. The highest BCUT2D eigenvalue weighted by molar-refractivity contribution is 7.47. The predicted octanol–water partition coefficient (Wildman–Crippen LogP) is 24.2. The van der Waals surface area contributed by atoms with Crippen molar-refractivity contribution in [3.05, 3.63) is 231 Å². The number of hydrogen-bond acceptors (Lipinski definition) is 15. The number of ether oxygens (including phenoxy) is 4. The standard InChI is InChI=1S/C91H140O17P2/c1-5-9-13-17-21-25-29-33-36-39-42-45-48-52-55-59-63-67-71-75-88(93)101-81-86(107-90(95)77-73-69-65-61-57-51-32-28-24-20-16-12-8-4)83-105-109(97,98)103-79-85(92)80-104-110(99,100)106-84-87(108-91(96)78-74-70-66-62-58-54-50-47-44-41-38-35-31-27-23-19-15-11-7-3)82-102-89(94)76-72-68-64-60-56-53-49-46-43-40-37-34-30-26-22-18-14-10-6-2/h9-11,13-16,20-23,25-28,32-38,42-47,52-56,58,63-64,67-68,85-87,92H,5-8,12,17-19,24,29-31,39-41,48-51,57,59-62,65-66,69-84H2,1-4H3,(H,97,98)(H,99,100)/b13-9-,14-10-,15-11-,20-16-,25-21-,26-22-,27-23-,32-28-,36-33-,37-34-,38-35-,45-42-,46-43-,47-44-,55-52-,56-53-,58-54-,67-63-,68-64-. The van der Waals surface area contributed by atoms with Crippen LogP contribution in [-0.2, 0) is 65.4 Å². The van der Waals surface area contributed by atoms with Gasteiger partial charge < -0.3 is 33.8 Å². The first-order valence-electron chi connectivity index (χ1n) is 40.6. The summed E-state index contributed by atoms with van der Waals surface area (Å²) in [4.78, 5) is 73.1. The summed E-state index contributed by atoms with van der Waals surface area (Å²) < 4.78 is 68.4. The lowest BCUT2D eigenvalue weighted by molar-refractivity contribution is -0.161. The maximum Gasteiger partial charge on any atom is 0.472 e. The zero-order chi connectivity index (χ0) is 80.3. The van der Waals surface area contributed by atoms with Gasteiger partial charge in [0.05, 0.1) is 26.4 Å². The van der Waals surface area contributed by atoms with Crippen LogP contribution in [-0.4, -0.2) is 96.7 Å². The molecule has 0 aromatic heterocycles. The molecule has 0 fully saturated rings. The Morgan fingerprint density at radius 3 is 0.773 bits per heavy atom. The molecule has 0 spiro atoms. The Bertz CT molecular complexity index is 3000. The van der Waals surface area contributed by atoms with Gasteiger partial charge in [-0.1, -0.05) is 291 Å². The van der Waals surface area contributed by atoms with Crippen molar-refractivity contribution in [1.29, 1.82) is 0 Å². The largest absolute Gasteiger partial charge is 0.472 e. The molecule has 5 unspecified atom stereocenters. The minimum Gasteiger partial charge on any atom is -0.462 e. The van der Waals surface area contributed by atoms with E-state index in [1.165, 1.54) is 0 Å². The summed E-state index contributed by atoms with van der Waals surface area (Å²) in [6.07, 6.45) is 103. The van der Waals surface area contributed by atoms with Crippen LogP contribution >= 0.6 is 15.6 Å². The van der Waals surface area contributed by atoms with E-state index < -0.39 is 97.5 Å². The second-order valence-electron chi connectivity index (χ2n) is 25.9. The minimum absolute atomic E-state index is 0.0163. The molecular formula is C91H140O17P2. The van der Waals surface area contributed by atoms with Gasteiger partial charge >= 0.3 is 39.5 Å². The zero-order valence-electron chi connectivity index (χ0n) is 67.3. The Hall–Kier alpha value is -6.88. The van der Waals surface area contributed by atoms with E-state index in [4.69, 9.17) is 37.0 Å². The first-order valence-corrected chi connectivity index (χ1v) is 43.6. The van der Waals surface area contributed by atoms with Gasteiger partial charge in [-0.05, 0) is 173 Å². The molecule has 110 heavy (non-hydrogen) atoms. The molecule has 0 saturated heterocycles. The SMILES string of the molecule is CC/C=C\C/C=C\C/C=C\C/C=C\C/C=C\C/C=C\CCC(=O)OCC(COP(=O)(O)OCC(O)COP(=O)(O)OCC(COC(=O)CC/C=C\C/C=C\C/C=C\C/C=C\C/C=C\C/C=C\CC)OC(=O)CCCCCCC/C=C\C/C=C\CCC)OC(=O)CCCCC/C=C\C/C=C\C/C=C\C/C=C\C/C=C\CC. The first-order chi connectivity index (χ1) is 53.7. The highest BCUT2D eigenvalue weighted by atomic mass is 31.2. The van der Waals surface area contributed by atoms with Crippen LogP contribution in [0.4, 0.5) is 0 Å².